The summed E-state index contributed by atoms with van der Waals surface area (Å²) in [6.45, 7) is 4.30. The van der Waals surface area contributed by atoms with Crippen LogP contribution in [0.25, 0.3) is 0 Å². The molecule has 0 spiro atoms. The Balaban J connectivity index is 0.00000420. The van der Waals surface area contributed by atoms with Crippen LogP contribution in [0.1, 0.15) is 24.0 Å². The van der Waals surface area contributed by atoms with E-state index in [0.717, 1.165) is 24.5 Å². The number of aliphatic hydroxyl groups is 1. The summed E-state index contributed by atoms with van der Waals surface area (Å²) in [6.07, 6.45) is 0.958. The van der Waals surface area contributed by atoms with Crippen molar-refractivity contribution in [3.8, 4) is 0 Å². The maximum absolute atomic E-state index is 9.77. The molecule has 0 bridgehead atoms. The second-order valence-electron chi connectivity index (χ2n) is 7.20. The van der Waals surface area contributed by atoms with Gasteiger partial charge in [-0.1, -0.05) is 60.7 Å². The first kappa shape index (κ1) is 25.4. The lowest BCUT2D eigenvalue weighted by atomic mass is 10.0. The Morgan fingerprint density at radius 1 is 1.00 bits per heavy atom. The van der Waals surface area contributed by atoms with Crippen LogP contribution in [0.5, 0.6) is 0 Å². The number of benzene rings is 2. The molecule has 0 heterocycles. The van der Waals surface area contributed by atoms with Crippen molar-refractivity contribution in [2.45, 2.75) is 25.3 Å². The van der Waals surface area contributed by atoms with E-state index in [4.69, 9.17) is 4.99 Å². The van der Waals surface area contributed by atoms with E-state index in [1.807, 2.05) is 24.3 Å². The van der Waals surface area contributed by atoms with Gasteiger partial charge in [-0.3, -0.25) is 4.99 Å². The fraction of sp³-hybridized carbons (Fsp3) is 0.435. The molecule has 2 atom stereocenters. The first-order valence-corrected chi connectivity index (χ1v) is 10.0. The molecule has 0 aliphatic carbocycles. The van der Waals surface area contributed by atoms with Crippen molar-refractivity contribution in [2.24, 2.45) is 4.99 Å². The summed E-state index contributed by atoms with van der Waals surface area (Å²) in [7, 11) is 4.20. The normalized spacial score (nSPS) is 13.5. The summed E-state index contributed by atoms with van der Waals surface area (Å²) >= 11 is 0. The van der Waals surface area contributed by atoms with Gasteiger partial charge in [0.2, 0.25) is 0 Å². The summed E-state index contributed by atoms with van der Waals surface area (Å²) in [6, 6.07) is 20.9. The van der Waals surface area contributed by atoms with Crippen LogP contribution in [0, 0.1) is 0 Å². The van der Waals surface area contributed by atoms with Crippen LogP contribution in [0.15, 0.2) is 65.7 Å². The molecule has 29 heavy (non-hydrogen) atoms. The van der Waals surface area contributed by atoms with Crippen molar-refractivity contribution >= 4 is 29.9 Å². The number of nitrogens with zero attached hydrogens (tertiary/aromatic N) is 2. The van der Waals surface area contributed by atoms with Gasteiger partial charge in [-0.25, -0.2) is 0 Å². The Hall–Kier alpha value is -1.64. The van der Waals surface area contributed by atoms with Gasteiger partial charge in [-0.15, -0.1) is 24.0 Å². The lowest BCUT2D eigenvalue weighted by molar-refractivity contribution is 0.265. The first-order chi connectivity index (χ1) is 13.6. The molecule has 0 fully saturated rings. The number of hydrogen-bond acceptors (Lipinski definition) is 3. The van der Waals surface area contributed by atoms with Crippen molar-refractivity contribution in [3.63, 3.8) is 0 Å². The number of halogens is 1. The van der Waals surface area contributed by atoms with E-state index in [1.165, 1.54) is 5.56 Å². The molecule has 2 unspecified atom stereocenters. The monoisotopic (exact) mass is 510 g/mol. The lowest BCUT2D eigenvalue weighted by Gasteiger charge is -2.24. The van der Waals surface area contributed by atoms with E-state index in [0.29, 0.717) is 19.1 Å². The van der Waals surface area contributed by atoms with Crippen LogP contribution >= 0.6 is 24.0 Å². The van der Waals surface area contributed by atoms with E-state index in [1.54, 1.807) is 0 Å². The summed E-state index contributed by atoms with van der Waals surface area (Å²) in [5.41, 5.74) is 2.45. The minimum atomic E-state index is 0. The molecule has 0 aliphatic rings. The van der Waals surface area contributed by atoms with Crippen LogP contribution in [0.2, 0.25) is 0 Å². The highest BCUT2D eigenvalue weighted by Gasteiger charge is 2.14. The molecule has 3 N–H and O–H groups in total. The Labute approximate surface area is 192 Å². The fourth-order valence-electron chi connectivity index (χ4n) is 3.07. The van der Waals surface area contributed by atoms with Gasteiger partial charge < -0.3 is 20.6 Å². The zero-order valence-electron chi connectivity index (χ0n) is 17.7. The maximum atomic E-state index is 9.77. The molecule has 2 rings (SSSR count). The van der Waals surface area contributed by atoms with Crippen LogP contribution in [0.3, 0.4) is 0 Å². The lowest BCUT2D eigenvalue weighted by Crippen LogP contribution is -2.41. The van der Waals surface area contributed by atoms with E-state index in [2.05, 4.69) is 73.0 Å². The zero-order valence-corrected chi connectivity index (χ0v) is 20.0. The van der Waals surface area contributed by atoms with E-state index >= 15 is 0 Å². The molecule has 6 heteroatoms. The van der Waals surface area contributed by atoms with Crippen LogP contribution in [-0.4, -0.2) is 62.3 Å². The molecule has 0 saturated heterocycles. The average molecular weight is 510 g/mol. The predicted octanol–water partition coefficient (Wildman–Crippen LogP) is 3.11. The van der Waals surface area contributed by atoms with Gasteiger partial charge in [-0.05, 0) is 38.6 Å². The minimum Gasteiger partial charge on any atom is -0.396 e. The Bertz CT molecular complexity index is 695. The largest absolute Gasteiger partial charge is 0.396 e. The van der Waals surface area contributed by atoms with E-state index < -0.39 is 0 Å². The van der Waals surface area contributed by atoms with Crippen molar-refractivity contribution in [2.75, 3.05) is 40.3 Å². The first-order valence-electron chi connectivity index (χ1n) is 10.0. The quantitative estimate of drug-likeness (QED) is 0.261. The third-order valence-corrected chi connectivity index (χ3v) is 4.86. The smallest absolute Gasteiger partial charge is 0.191 e. The standard InChI is InChI=1S/C23H34N4O.HI/c1-4-24-23(25-16-21(18-28)20-13-9-6-10-14-20)26-17-22(27(2)3)15-19-11-7-5-8-12-19;/h5-14,21-22,28H,4,15-18H2,1-3H3,(H2,24,25,26);1H. The highest BCUT2D eigenvalue weighted by atomic mass is 127. The maximum Gasteiger partial charge on any atom is 0.191 e. The minimum absolute atomic E-state index is 0. The van der Waals surface area contributed by atoms with Gasteiger partial charge in [0.05, 0.1) is 13.2 Å². The Morgan fingerprint density at radius 3 is 2.17 bits per heavy atom. The van der Waals surface area contributed by atoms with Crippen molar-refractivity contribution in [1.82, 2.24) is 15.5 Å². The topological polar surface area (TPSA) is 59.9 Å². The summed E-state index contributed by atoms with van der Waals surface area (Å²) in [5, 5.41) is 16.5. The molecule has 2 aromatic rings. The molecule has 2 aromatic carbocycles. The molecule has 0 amide bonds. The number of likely N-dealkylation sites (N-methyl/N-ethyl adjacent to an activating group) is 1. The van der Waals surface area contributed by atoms with Gasteiger partial charge in [0.15, 0.2) is 5.96 Å². The van der Waals surface area contributed by atoms with Gasteiger partial charge in [0, 0.05) is 25.0 Å². The average Bonchev–Trinajstić information content (AvgIpc) is 2.72. The van der Waals surface area contributed by atoms with Crippen LogP contribution < -0.4 is 10.6 Å². The molecular formula is C23H35IN4O. The predicted molar refractivity (Wildman–Crippen MR) is 133 cm³/mol. The van der Waals surface area contributed by atoms with Gasteiger partial charge >= 0.3 is 0 Å². The summed E-state index contributed by atoms with van der Waals surface area (Å²) < 4.78 is 0. The SMILES string of the molecule is CCNC(=NCC(Cc1ccccc1)N(C)C)NCC(CO)c1ccccc1.I. The molecule has 0 aromatic heterocycles. The van der Waals surface area contributed by atoms with Crippen LogP contribution in [-0.2, 0) is 6.42 Å². The molecule has 160 valence electrons. The molecule has 0 saturated carbocycles. The molecular weight excluding hydrogens is 475 g/mol. The second-order valence-corrected chi connectivity index (χ2v) is 7.20. The number of hydrogen-bond donors (Lipinski definition) is 3. The van der Waals surface area contributed by atoms with Gasteiger partial charge in [0.1, 0.15) is 0 Å². The van der Waals surface area contributed by atoms with E-state index in [9.17, 15) is 5.11 Å². The van der Waals surface area contributed by atoms with E-state index in [-0.39, 0.29) is 36.5 Å². The van der Waals surface area contributed by atoms with Crippen LogP contribution in [0.4, 0.5) is 0 Å². The third kappa shape index (κ3) is 9.14. The molecule has 0 radical (unpaired) electrons. The Morgan fingerprint density at radius 2 is 1.62 bits per heavy atom. The van der Waals surface area contributed by atoms with Gasteiger partial charge in [-0.2, -0.15) is 0 Å². The zero-order chi connectivity index (χ0) is 20.2. The molecule has 5 nitrogen and oxygen atoms in total. The number of guanidine groups is 1. The molecule has 0 aliphatic heterocycles. The Kier molecular flexibility index (Phi) is 12.6. The number of aliphatic hydroxyl groups excluding tert-OH is 1. The third-order valence-electron chi connectivity index (χ3n) is 4.86. The van der Waals surface area contributed by atoms with Crippen molar-refractivity contribution < 1.29 is 5.11 Å². The van der Waals surface area contributed by atoms with Gasteiger partial charge in [0.25, 0.3) is 0 Å². The second kappa shape index (κ2) is 14.4. The van der Waals surface area contributed by atoms with Crippen molar-refractivity contribution in [3.05, 3.63) is 71.8 Å². The highest BCUT2D eigenvalue weighted by Crippen LogP contribution is 2.13. The summed E-state index contributed by atoms with van der Waals surface area (Å²) in [4.78, 5) is 7.03. The number of nitrogens with one attached hydrogen (secondary N) is 2. The van der Waals surface area contributed by atoms with Crippen molar-refractivity contribution in [1.29, 1.82) is 0 Å². The summed E-state index contributed by atoms with van der Waals surface area (Å²) in [5.74, 6) is 0.829. The highest BCUT2D eigenvalue weighted by molar-refractivity contribution is 14.0. The fourth-order valence-corrected chi connectivity index (χ4v) is 3.07. The number of rotatable bonds is 10. The number of aliphatic imine (C=N–C) groups is 1.